The van der Waals surface area contributed by atoms with Gasteiger partial charge in [0, 0.05) is 23.0 Å². The van der Waals surface area contributed by atoms with Gasteiger partial charge in [-0.05, 0) is 29.8 Å². The predicted molar refractivity (Wildman–Crippen MR) is 98.4 cm³/mol. The van der Waals surface area contributed by atoms with E-state index in [1.807, 2.05) is 41.8 Å². The molecule has 118 valence electrons. The molecule has 3 aromatic rings. The summed E-state index contributed by atoms with van der Waals surface area (Å²) in [4.78, 5) is 5.07. The van der Waals surface area contributed by atoms with Crippen molar-refractivity contribution in [1.29, 1.82) is 5.26 Å². The Morgan fingerprint density at radius 1 is 1.12 bits per heavy atom. The van der Waals surface area contributed by atoms with E-state index in [0.29, 0.717) is 10.6 Å². The number of hydrogen-bond donors (Lipinski definition) is 0. The zero-order valence-corrected chi connectivity index (χ0v) is 14.4. The molecule has 3 rings (SSSR count). The second-order valence-corrected chi connectivity index (χ2v) is 6.20. The van der Waals surface area contributed by atoms with Gasteiger partial charge in [0.25, 0.3) is 0 Å². The molecule has 4 nitrogen and oxygen atoms in total. The summed E-state index contributed by atoms with van der Waals surface area (Å²) in [7, 11) is 1.74. The summed E-state index contributed by atoms with van der Waals surface area (Å²) in [5.41, 5.74) is 3.50. The number of thiazole rings is 1. The van der Waals surface area contributed by atoms with Gasteiger partial charge in [-0.25, -0.2) is 4.68 Å². The van der Waals surface area contributed by atoms with Gasteiger partial charge in [0.1, 0.15) is 0 Å². The van der Waals surface area contributed by atoms with Crippen molar-refractivity contribution in [3.63, 3.8) is 0 Å². The van der Waals surface area contributed by atoms with E-state index in [1.54, 1.807) is 30.1 Å². The maximum absolute atomic E-state index is 8.85. The van der Waals surface area contributed by atoms with E-state index >= 15 is 0 Å². The minimum atomic E-state index is 0.626. The first-order chi connectivity index (χ1) is 11.7. The first kappa shape index (κ1) is 16.2. The van der Waals surface area contributed by atoms with Crippen molar-refractivity contribution in [2.75, 3.05) is 7.05 Å². The highest BCUT2D eigenvalue weighted by molar-refractivity contribution is 7.07. The Labute approximate surface area is 148 Å². The molecule has 0 amide bonds. The largest absolute Gasteiger partial charge is 0.261 e. The zero-order valence-electron chi connectivity index (χ0n) is 12.8. The summed E-state index contributed by atoms with van der Waals surface area (Å²) in [6.45, 7) is 0. The predicted octanol–water partition coefficient (Wildman–Crippen LogP) is 4.15. The van der Waals surface area contributed by atoms with Crippen LogP contribution in [0.1, 0.15) is 11.1 Å². The van der Waals surface area contributed by atoms with E-state index < -0.39 is 0 Å². The fraction of sp³-hybridized carbons (Fsp3) is 0.0556. The summed E-state index contributed by atoms with van der Waals surface area (Å²) in [6, 6.07) is 17.0. The monoisotopic (exact) mass is 352 g/mol. The number of hydrogen-bond acceptors (Lipinski definition) is 4. The summed E-state index contributed by atoms with van der Waals surface area (Å²) >= 11 is 7.48. The quantitative estimate of drug-likeness (QED) is 0.653. The zero-order chi connectivity index (χ0) is 16.9. The third-order valence-electron chi connectivity index (χ3n) is 3.38. The maximum atomic E-state index is 8.85. The molecule has 0 saturated heterocycles. The van der Waals surface area contributed by atoms with Crippen LogP contribution < -0.4 is 4.80 Å². The Morgan fingerprint density at radius 3 is 2.46 bits per heavy atom. The molecule has 0 bridgehead atoms. The van der Waals surface area contributed by atoms with E-state index in [2.05, 4.69) is 16.2 Å². The number of nitrogens with zero attached hydrogens (tertiary/aromatic N) is 4. The van der Waals surface area contributed by atoms with Gasteiger partial charge in [0.2, 0.25) is 4.80 Å². The van der Waals surface area contributed by atoms with Crippen LogP contribution in [-0.2, 0) is 0 Å². The minimum Gasteiger partial charge on any atom is -0.261 e. The van der Waals surface area contributed by atoms with Crippen molar-refractivity contribution < 1.29 is 0 Å². The SMILES string of the molecule is CN=c1scc(-c2ccc(Cl)cc2)n1N=Cc1ccc(C#N)cc1. The molecule has 0 spiro atoms. The van der Waals surface area contributed by atoms with Gasteiger partial charge in [-0.2, -0.15) is 10.4 Å². The lowest BCUT2D eigenvalue weighted by atomic mass is 10.2. The molecule has 2 aromatic carbocycles. The average Bonchev–Trinajstić information content (AvgIpc) is 3.04. The highest BCUT2D eigenvalue weighted by Gasteiger charge is 2.06. The Bertz CT molecular complexity index is 974. The smallest absolute Gasteiger partial charge is 0.205 e. The topological polar surface area (TPSA) is 53.4 Å². The number of nitriles is 1. The molecule has 0 aliphatic heterocycles. The molecule has 24 heavy (non-hydrogen) atoms. The molecule has 0 aliphatic carbocycles. The maximum Gasteiger partial charge on any atom is 0.205 e. The minimum absolute atomic E-state index is 0.626. The lowest BCUT2D eigenvalue weighted by Gasteiger charge is -2.03. The summed E-state index contributed by atoms with van der Waals surface area (Å²) in [5, 5.41) is 16.1. The number of aromatic nitrogens is 1. The van der Waals surface area contributed by atoms with E-state index in [0.717, 1.165) is 21.6 Å². The molecule has 0 fully saturated rings. The first-order valence-electron chi connectivity index (χ1n) is 7.15. The van der Waals surface area contributed by atoms with E-state index in [1.165, 1.54) is 11.3 Å². The van der Waals surface area contributed by atoms with Crippen LogP contribution in [0.3, 0.4) is 0 Å². The number of benzene rings is 2. The number of halogens is 1. The van der Waals surface area contributed by atoms with Crippen LogP contribution >= 0.6 is 22.9 Å². The van der Waals surface area contributed by atoms with Gasteiger partial charge in [0.05, 0.1) is 23.5 Å². The van der Waals surface area contributed by atoms with Crippen molar-refractivity contribution in [3.8, 4) is 17.3 Å². The van der Waals surface area contributed by atoms with E-state index in [9.17, 15) is 0 Å². The molecule has 1 heterocycles. The Hall–Kier alpha value is -2.68. The van der Waals surface area contributed by atoms with Crippen LogP contribution in [0.4, 0.5) is 0 Å². The molecular formula is C18H13ClN4S. The second kappa shape index (κ2) is 7.26. The van der Waals surface area contributed by atoms with E-state index in [4.69, 9.17) is 16.9 Å². The summed E-state index contributed by atoms with van der Waals surface area (Å²) in [6.07, 6.45) is 1.75. The summed E-state index contributed by atoms with van der Waals surface area (Å²) in [5.74, 6) is 0. The Kier molecular flexibility index (Phi) is 4.90. The highest BCUT2D eigenvalue weighted by Crippen LogP contribution is 2.22. The standard InChI is InChI=1S/C18H13ClN4S/c1-21-18-23(22-11-14-4-2-13(10-20)3-5-14)17(12-24-18)15-6-8-16(19)9-7-15/h2-9,11-12H,1H3. The van der Waals surface area contributed by atoms with Gasteiger partial charge < -0.3 is 0 Å². The van der Waals surface area contributed by atoms with Crippen LogP contribution in [0.2, 0.25) is 5.02 Å². The van der Waals surface area contributed by atoms with Crippen molar-refractivity contribution >= 4 is 29.2 Å². The molecular weight excluding hydrogens is 340 g/mol. The molecule has 6 heteroatoms. The van der Waals surface area contributed by atoms with E-state index in [-0.39, 0.29) is 0 Å². The van der Waals surface area contributed by atoms with Crippen molar-refractivity contribution in [1.82, 2.24) is 4.68 Å². The molecule has 0 atom stereocenters. The summed E-state index contributed by atoms with van der Waals surface area (Å²) < 4.78 is 1.80. The third kappa shape index (κ3) is 3.46. The number of rotatable bonds is 3. The molecule has 0 saturated carbocycles. The van der Waals surface area contributed by atoms with Gasteiger partial charge in [-0.15, -0.1) is 11.3 Å². The van der Waals surface area contributed by atoms with Gasteiger partial charge in [-0.3, -0.25) is 4.99 Å². The fourth-order valence-electron chi connectivity index (χ4n) is 2.15. The lowest BCUT2D eigenvalue weighted by molar-refractivity contribution is 0.848. The van der Waals surface area contributed by atoms with Crippen LogP contribution in [0.15, 0.2) is 64.0 Å². The van der Waals surface area contributed by atoms with Crippen LogP contribution in [-0.4, -0.2) is 17.9 Å². The molecule has 1 aromatic heterocycles. The van der Waals surface area contributed by atoms with Crippen molar-refractivity contribution in [3.05, 3.63) is 74.9 Å². The lowest BCUT2D eigenvalue weighted by Crippen LogP contribution is -2.11. The molecule has 0 N–H and O–H groups in total. The first-order valence-corrected chi connectivity index (χ1v) is 8.41. The normalized spacial score (nSPS) is 11.8. The third-order valence-corrected chi connectivity index (χ3v) is 4.54. The van der Waals surface area contributed by atoms with Gasteiger partial charge in [0.15, 0.2) is 0 Å². The van der Waals surface area contributed by atoms with Crippen LogP contribution in [0, 0.1) is 11.3 Å². The van der Waals surface area contributed by atoms with Crippen LogP contribution in [0.5, 0.6) is 0 Å². The van der Waals surface area contributed by atoms with Gasteiger partial charge >= 0.3 is 0 Å². The highest BCUT2D eigenvalue weighted by atomic mass is 35.5. The second-order valence-electron chi connectivity index (χ2n) is 4.92. The van der Waals surface area contributed by atoms with Crippen molar-refractivity contribution in [2.24, 2.45) is 10.1 Å². The molecule has 0 aliphatic rings. The van der Waals surface area contributed by atoms with Gasteiger partial charge in [-0.1, -0.05) is 35.9 Å². The Balaban J connectivity index is 2.00. The average molecular weight is 353 g/mol. The molecule has 0 unspecified atom stereocenters. The Morgan fingerprint density at radius 2 is 1.83 bits per heavy atom. The van der Waals surface area contributed by atoms with Crippen molar-refractivity contribution in [2.45, 2.75) is 0 Å². The van der Waals surface area contributed by atoms with Crippen LogP contribution in [0.25, 0.3) is 11.3 Å². The molecule has 0 radical (unpaired) electrons. The fourth-order valence-corrected chi connectivity index (χ4v) is 3.08.